The van der Waals surface area contributed by atoms with Crippen molar-refractivity contribution >= 4 is 5.97 Å². The van der Waals surface area contributed by atoms with Crippen LogP contribution in [-0.4, -0.2) is 30.8 Å². The fourth-order valence-corrected chi connectivity index (χ4v) is 2.11. The van der Waals surface area contributed by atoms with E-state index in [0.29, 0.717) is 5.82 Å². The van der Waals surface area contributed by atoms with Gasteiger partial charge in [0.25, 0.3) is 0 Å². The van der Waals surface area contributed by atoms with Gasteiger partial charge in [-0.25, -0.2) is 19.4 Å². The largest absolute Gasteiger partial charge is 0.478 e. The minimum absolute atomic E-state index is 0.177. The first-order valence-electron chi connectivity index (χ1n) is 5.37. The van der Waals surface area contributed by atoms with Gasteiger partial charge < -0.3 is 5.11 Å². The van der Waals surface area contributed by atoms with Gasteiger partial charge in [0.15, 0.2) is 5.82 Å². The zero-order valence-electron chi connectivity index (χ0n) is 9.00. The Hall–Kier alpha value is -2.24. The zero-order valence-corrected chi connectivity index (χ0v) is 9.00. The van der Waals surface area contributed by atoms with Crippen molar-refractivity contribution in [1.29, 1.82) is 0 Å². The Morgan fingerprint density at radius 2 is 2.29 bits per heavy atom. The second-order valence-electron chi connectivity index (χ2n) is 3.96. The molecule has 0 saturated heterocycles. The Kier molecular flexibility index (Phi) is 2.14. The van der Waals surface area contributed by atoms with Crippen LogP contribution >= 0.6 is 0 Å². The number of aromatic carboxylic acids is 1. The van der Waals surface area contributed by atoms with Crippen molar-refractivity contribution in [1.82, 2.24) is 19.7 Å². The third-order valence-electron chi connectivity index (χ3n) is 2.90. The van der Waals surface area contributed by atoms with Gasteiger partial charge in [-0.1, -0.05) is 0 Å². The molecule has 0 aromatic carbocycles. The topological polar surface area (TPSA) is 80.9 Å². The Morgan fingerprint density at radius 1 is 1.41 bits per heavy atom. The number of rotatable bonds is 2. The van der Waals surface area contributed by atoms with Crippen LogP contribution in [0.25, 0.3) is 5.82 Å². The summed E-state index contributed by atoms with van der Waals surface area (Å²) in [6.45, 7) is 0. The number of carboxylic acid groups (broad SMARTS) is 1. The van der Waals surface area contributed by atoms with E-state index in [9.17, 15) is 9.90 Å². The summed E-state index contributed by atoms with van der Waals surface area (Å²) < 4.78 is 1.39. The molecule has 6 heteroatoms. The molecule has 2 aromatic rings. The van der Waals surface area contributed by atoms with Gasteiger partial charge in [-0.05, 0) is 30.9 Å². The number of hydrogen-bond acceptors (Lipinski definition) is 4. The lowest BCUT2D eigenvalue weighted by molar-refractivity contribution is 0.0696. The van der Waals surface area contributed by atoms with Gasteiger partial charge in [0.1, 0.15) is 18.2 Å². The molecule has 1 N–H and O–H groups in total. The number of aryl methyl sites for hydroxylation is 2. The molecule has 2 heterocycles. The lowest BCUT2D eigenvalue weighted by atomic mass is 10.1. The molecule has 0 unspecified atom stereocenters. The summed E-state index contributed by atoms with van der Waals surface area (Å²) in [6, 6.07) is 1.70. The summed E-state index contributed by atoms with van der Waals surface area (Å²) in [5, 5.41) is 13.1. The van der Waals surface area contributed by atoms with Crippen molar-refractivity contribution < 1.29 is 9.90 Å². The highest BCUT2D eigenvalue weighted by atomic mass is 16.4. The second kappa shape index (κ2) is 3.65. The molecular weight excluding hydrogens is 220 g/mol. The van der Waals surface area contributed by atoms with Crippen LogP contribution in [0.3, 0.4) is 0 Å². The van der Waals surface area contributed by atoms with Gasteiger partial charge in [-0.3, -0.25) is 0 Å². The number of pyridine rings is 1. The standard InChI is InChI=1S/C11H10N4O2/c16-11(17)8-4-7-2-1-3-9(7)14-10(8)15-6-12-5-13-15/h4-6H,1-3H2,(H,16,17). The van der Waals surface area contributed by atoms with Gasteiger partial charge in [-0.2, -0.15) is 5.10 Å². The molecule has 0 atom stereocenters. The molecule has 0 radical (unpaired) electrons. The quantitative estimate of drug-likeness (QED) is 0.827. The number of carbonyl (C=O) groups is 1. The van der Waals surface area contributed by atoms with Crippen molar-refractivity contribution in [3.8, 4) is 5.82 Å². The number of carboxylic acids is 1. The minimum atomic E-state index is -0.988. The van der Waals surface area contributed by atoms with E-state index in [1.165, 1.54) is 17.3 Å². The van der Waals surface area contributed by atoms with Gasteiger partial charge >= 0.3 is 5.97 Å². The summed E-state index contributed by atoms with van der Waals surface area (Å²) >= 11 is 0. The Balaban J connectivity index is 2.22. The van der Waals surface area contributed by atoms with E-state index in [1.807, 2.05) is 0 Å². The van der Waals surface area contributed by atoms with Crippen molar-refractivity contribution in [2.75, 3.05) is 0 Å². The Bertz CT molecular complexity index is 577. The van der Waals surface area contributed by atoms with Crippen LogP contribution in [0.15, 0.2) is 18.7 Å². The van der Waals surface area contributed by atoms with Crippen LogP contribution in [0.2, 0.25) is 0 Å². The van der Waals surface area contributed by atoms with Gasteiger partial charge in [0.05, 0.1) is 0 Å². The fraction of sp³-hybridized carbons (Fsp3) is 0.273. The van der Waals surface area contributed by atoms with E-state index in [4.69, 9.17) is 0 Å². The third-order valence-corrected chi connectivity index (χ3v) is 2.90. The summed E-state index contributed by atoms with van der Waals surface area (Å²) in [5.74, 6) is -0.645. The molecule has 1 aliphatic carbocycles. The van der Waals surface area contributed by atoms with Crippen LogP contribution in [0.4, 0.5) is 0 Å². The Labute approximate surface area is 96.9 Å². The number of aromatic nitrogens is 4. The predicted molar refractivity (Wildman–Crippen MR) is 58.1 cm³/mol. The van der Waals surface area contributed by atoms with Crippen molar-refractivity contribution in [3.05, 3.63) is 35.5 Å². The summed E-state index contributed by atoms with van der Waals surface area (Å²) in [4.78, 5) is 19.4. The summed E-state index contributed by atoms with van der Waals surface area (Å²) in [6.07, 6.45) is 5.65. The van der Waals surface area contributed by atoms with Crippen LogP contribution in [0.5, 0.6) is 0 Å². The van der Waals surface area contributed by atoms with Crippen LogP contribution in [0, 0.1) is 0 Å². The average Bonchev–Trinajstić information content (AvgIpc) is 2.98. The molecule has 6 nitrogen and oxygen atoms in total. The van der Waals surface area contributed by atoms with Crippen LogP contribution in [-0.2, 0) is 12.8 Å². The molecular formula is C11H10N4O2. The van der Waals surface area contributed by atoms with Gasteiger partial charge in [0.2, 0.25) is 0 Å². The highest BCUT2D eigenvalue weighted by molar-refractivity contribution is 5.91. The van der Waals surface area contributed by atoms with Gasteiger partial charge in [0, 0.05) is 5.69 Å². The lowest BCUT2D eigenvalue weighted by Crippen LogP contribution is -2.10. The van der Waals surface area contributed by atoms with Crippen LogP contribution in [0.1, 0.15) is 28.0 Å². The first-order valence-corrected chi connectivity index (χ1v) is 5.37. The molecule has 0 bridgehead atoms. The molecule has 0 spiro atoms. The number of nitrogens with zero attached hydrogens (tertiary/aromatic N) is 4. The summed E-state index contributed by atoms with van der Waals surface area (Å²) in [7, 11) is 0. The Morgan fingerprint density at radius 3 is 3.00 bits per heavy atom. The predicted octanol–water partition coefficient (Wildman–Crippen LogP) is 0.849. The molecule has 3 rings (SSSR count). The van der Waals surface area contributed by atoms with E-state index in [-0.39, 0.29) is 5.56 Å². The third kappa shape index (κ3) is 1.57. The maximum atomic E-state index is 11.2. The molecule has 0 saturated carbocycles. The van der Waals surface area contributed by atoms with Crippen molar-refractivity contribution in [2.24, 2.45) is 0 Å². The van der Waals surface area contributed by atoms with E-state index in [2.05, 4.69) is 15.1 Å². The number of hydrogen-bond donors (Lipinski definition) is 1. The van der Waals surface area contributed by atoms with Crippen molar-refractivity contribution in [2.45, 2.75) is 19.3 Å². The fourth-order valence-electron chi connectivity index (χ4n) is 2.11. The summed E-state index contributed by atoms with van der Waals surface area (Å²) in [5.41, 5.74) is 2.18. The molecule has 1 aliphatic rings. The second-order valence-corrected chi connectivity index (χ2v) is 3.96. The van der Waals surface area contributed by atoms with E-state index < -0.39 is 5.97 Å². The molecule has 0 aliphatic heterocycles. The van der Waals surface area contributed by atoms with Crippen LogP contribution < -0.4 is 0 Å². The molecule has 2 aromatic heterocycles. The molecule has 0 fully saturated rings. The maximum absolute atomic E-state index is 11.2. The van der Waals surface area contributed by atoms with Crippen molar-refractivity contribution in [3.63, 3.8) is 0 Å². The highest BCUT2D eigenvalue weighted by Crippen LogP contribution is 2.24. The van der Waals surface area contributed by atoms with Gasteiger partial charge in [-0.15, -0.1) is 0 Å². The van der Waals surface area contributed by atoms with E-state index in [1.54, 1.807) is 6.07 Å². The smallest absolute Gasteiger partial charge is 0.339 e. The average molecular weight is 230 g/mol. The normalized spacial score (nSPS) is 13.6. The van der Waals surface area contributed by atoms with E-state index >= 15 is 0 Å². The first-order chi connectivity index (χ1) is 8.25. The first kappa shape index (κ1) is 9.95. The maximum Gasteiger partial charge on any atom is 0.339 e. The zero-order chi connectivity index (χ0) is 11.8. The SMILES string of the molecule is O=C(O)c1cc2c(nc1-n1cncn1)CCC2. The number of fused-ring (bicyclic) bond motifs is 1. The minimum Gasteiger partial charge on any atom is -0.478 e. The monoisotopic (exact) mass is 230 g/mol. The molecule has 86 valence electrons. The lowest BCUT2D eigenvalue weighted by Gasteiger charge is -2.07. The molecule has 17 heavy (non-hydrogen) atoms. The highest BCUT2D eigenvalue weighted by Gasteiger charge is 2.21. The molecule has 0 amide bonds. The van der Waals surface area contributed by atoms with E-state index in [0.717, 1.165) is 30.5 Å².